The molecule has 0 aliphatic carbocycles. The molecule has 2 rings (SSSR count). The topological polar surface area (TPSA) is 90.2 Å². The van der Waals surface area contributed by atoms with Crippen LogP contribution in [0.5, 0.6) is 0 Å². The third kappa shape index (κ3) is 1.76. The number of hydrogen-bond acceptors (Lipinski definition) is 5. The number of nitrogens with zero attached hydrogens (tertiary/aromatic N) is 1. The molecule has 2 heterocycles. The van der Waals surface area contributed by atoms with Gasteiger partial charge in [-0.05, 0) is 12.8 Å². The summed E-state index contributed by atoms with van der Waals surface area (Å²) in [5.41, 5.74) is -1.06. The number of carbonyl (C=O) groups excluding carboxylic acids is 1. The van der Waals surface area contributed by atoms with Crippen LogP contribution in [0.4, 0.5) is 0 Å². The maximum absolute atomic E-state index is 11.3. The molecule has 0 aromatic rings. The third-order valence-electron chi connectivity index (χ3n) is 4.04. The first-order chi connectivity index (χ1) is 7.93. The number of aliphatic hydroxyl groups is 3. The highest BCUT2D eigenvalue weighted by Crippen LogP contribution is 2.42. The van der Waals surface area contributed by atoms with Crippen molar-refractivity contribution in [3.05, 3.63) is 0 Å². The highest BCUT2D eigenvalue weighted by atomic mass is 16.6. The number of ether oxygens (including phenoxy) is 1. The molecule has 2 bridgehead atoms. The maximum Gasteiger partial charge on any atom is 0.219 e. The molecule has 17 heavy (non-hydrogen) atoms. The summed E-state index contributed by atoms with van der Waals surface area (Å²) < 4.78 is 5.65. The summed E-state index contributed by atoms with van der Waals surface area (Å²) in [4.78, 5) is 12.7. The van der Waals surface area contributed by atoms with E-state index in [1.165, 1.54) is 11.8 Å². The first-order valence-electron chi connectivity index (χ1n) is 5.81. The van der Waals surface area contributed by atoms with Gasteiger partial charge in [0.15, 0.2) is 0 Å². The Morgan fingerprint density at radius 1 is 1.53 bits per heavy atom. The minimum atomic E-state index is -1.17. The predicted octanol–water partition coefficient (Wildman–Crippen LogP) is -1.52. The molecule has 0 radical (unpaired) electrons. The Morgan fingerprint density at radius 2 is 2.18 bits per heavy atom. The van der Waals surface area contributed by atoms with Gasteiger partial charge in [0.1, 0.15) is 17.8 Å². The Morgan fingerprint density at radius 3 is 2.71 bits per heavy atom. The van der Waals surface area contributed by atoms with E-state index in [9.17, 15) is 20.1 Å². The number of carbonyl (C=O) groups is 1. The van der Waals surface area contributed by atoms with E-state index < -0.39 is 23.9 Å². The Hall–Kier alpha value is -0.690. The summed E-state index contributed by atoms with van der Waals surface area (Å²) >= 11 is 0. The van der Waals surface area contributed by atoms with E-state index in [2.05, 4.69) is 0 Å². The molecular weight excluding hydrogens is 226 g/mol. The molecule has 3 N–H and O–H groups in total. The number of fused-ring (bicyclic) bond motifs is 2. The fourth-order valence-electron chi connectivity index (χ4n) is 2.88. The largest absolute Gasteiger partial charge is 0.393 e. The van der Waals surface area contributed by atoms with Gasteiger partial charge in [-0.2, -0.15) is 0 Å². The van der Waals surface area contributed by atoms with Crippen LogP contribution < -0.4 is 0 Å². The lowest BCUT2D eigenvalue weighted by molar-refractivity contribution is -0.232. The number of likely N-dealkylation sites (N-methyl/N-ethyl adjacent to an activating group) is 1. The van der Waals surface area contributed by atoms with E-state index in [4.69, 9.17) is 4.74 Å². The summed E-state index contributed by atoms with van der Waals surface area (Å²) in [5, 5.41) is 29.5. The van der Waals surface area contributed by atoms with Gasteiger partial charge < -0.3 is 25.0 Å². The summed E-state index contributed by atoms with van der Waals surface area (Å²) in [5.74, 6) is -0.187. The zero-order valence-corrected chi connectivity index (χ0v) is 10.0. The van der Waals surface area contributed by atoms with Crippen molar-refractivity contribution >= 4 is 5.91 Å². The maximum atomic E-state index is 11.3. The molecule has 2 aliphatic heterocycles. The molecule has 6 nitrogen and oxygen atoms in total. The molecule has 0 saturated carbocycles. The van der Waals surface area contributed by atoms with Crippen molar-refractivity contribution < 1.29 is 24.9 Å². The van der Waals surface area contributed by atoms with Crippen molar-refractivity contribution in [2.75, 3.05) is 13.7 Å². The SMILES string of the molecule is CC(=O)N(C)[C@@H]1[C@@H](O)[C@@H](O)[C@]2(CO)CC[C@H]1O2. The molecule has 98 valence electrons. The van der Waals surface area contributed by atoms with E-state index in [-0.39, 0.29) is 18.6 Å². The molecule has 0 unspecified atom stereocenters. The summed E-state index contributed by atoms with van der Waals surface area (Å²) in [6.07, 6.45) is -1.46. The monoisotopic (exact) mass is 245 g/mol. The molecule has 5 atom stereocenters. The molecule has 2 fully saturated rings. The van der Waals surface area contributed by atoms with Crippen molar-refractivity contribution in [2.24, 2.45) is 0 Å². The van der Waals surface area contributed by atoms with Gasteiger partial charge in [0, 0.05) is 14.0 Å². The molecule has 2 saturated heterocycles. The van der Waals surface area contributed by atoms with Crippen LogP contribution in [0.2, 0.25) is 0 Å². The zero-order chi connectivity index (χ0) is 12.8. The number of amides is 1. The third-order valence-corrected chi connectivity index (χ3v) is 4.04. The van der Waals surface area contributed by atoms with E-state index in [0.717, 1.165) is 0 Å². The van der Waals surface area contributed by atoms with E-state index in [0.29, 0.717) is 12.8 Å². The molecule has 2 aliphatic rings. The standard InChI is InChI=1S/C11H19NO5/c1-6(14)12(2)8-7-3-4-11(5-13,17-7)10(16)9(8)15/h7-10,13,15-16H,3-5H2,1-2H3/t7-,8+,9-,10-,11-/m1/s1. The molecular formula is C11H19NO5. The van der Waals surface area contributed by atoms with Crippen LogP contribution in [0.1, 0.15) is 19.8 Å². The van der Waals surface area contributed by atoms with Crippen molar-refractivity contribution in [3.8, 4) is 0 Å². The molecule has 6 heteroatoms. The summed E-state index contributed by atoms with van der Waals surface area (Å²) in [6.45, 7) is 1.08. The Balaban J connectivity index is 2.25. The van der Waals surface area contributed by atoms with Gasteiger partial charge in [-0.1, -0.05) is 0 Å². The lowest BCUT2D eigenvalue weighted by atomic mass is 9.88. The van der Waals surface area contributed by atoms with Gasteiger partial charge in [0.2, 0.25) is 5.91 Å². The fraction of sp³-hybridized carbons (Fsp3) is 0.909. The lowest BCUT2D eigenvalue weighted by Gasteiger charge is -2.46. The van der Waals surface area contributed by atoms with Crippen molar-refractivity contribution in [1.82, 2.24) is 4.90 Å². The zero-order valence-electron chi connectivity index (χ0n) is 10.0. The molecule has 1 amide bonds. The first kappa shape index (κ1) is 12.8. The molecule has 0 spiro atoms. The Bertz CT molecular complexity index is 323. The molecule has 0 aromatic carbocycles. The Labute approximate surface area is 99.8 Å². The smallest absolute Gasteiger partial charge is 0.219 e. The quantitative estimate of drug-likeness (QED) is 0.549. The van der Waals surface area contributed by atoms with Gasteiger partial charge in [-0.25, -0.2) is 0 Å². The van der Waals surface area contributed by atoms with Crippen LogP contribution >= 0.6 is 0 Å². The minimum absolute atomic E-state index is 0.187. The second-order valence-electron chi connectivity index (χ2n) is 4.97. The van der Waals surface area contributed by atoms with Crippen LogP contribution in [-0.2, 0) is 9.53 Å². The van der Waals surface area contributed by atoms with Crippen LogP contribution in [0, 0.1) is 0 Å². The average molecular weight is 245 g/mol. The van der Waals surface area contributed by atoms with Gasteiger partial charge in [0.25, 0.3) is 0 Å². The van der Waals surface area contributed by atoms with Crippen molar-refractivity contribution in [2.45, 2.75) is 49.7 Å². The van der Waals surface area contributed by atoms with Crippen molar-refractivity contribution in [1.29, 1.82) is 0 Å². The average Bonchev–Trinajstić information content (AvgIpc) is 2.69. The number of rotatable bonds is 2. The van der Waals surface area contributed by atoms with Gasteiger partial charge in [-0.15, -0.1) is 0 Å². The second-order valence-corrected chi connectivity index (χ2v) is 4.97. The number of aliphatic hydroxyl groups excluding tert-OH is 3. The highest BCUT2D eigenvalue weighted by Gasteiger charge is 2.58. The van der Waals surface area contributed by atoms with E-state index in [1.54, 1.807) is 7.05 Å². The van der Waals surface area contributed by atoms with Crippen molar-refractivity contribution in [3.63, 3.8) is 0 Å². The van der Waals surface area contributed by atoms with Gasteiger partial charge >= 0.3 is 0 Å². The van der Waals surface area contributed by atoms with Gasteiger partial charge in [-0.3, -0.25) is 4.79 Å². The Kier molecular flexibility index (Phi) is 3.15. The van der Waals surface area contributed by atoms with E-state index in [1.807, 2.05) is 0 Å². The van der Waals surface area contributed by atoms with E-state index >= 15 is 0 Å². The fourth-order valence-corrected chi connectivity index (χ4v) is 2.88. The van der Waals surface area contributed by atoms with Crippen LogP contribution in [-0.4, -0.2) is 69.7 Å². The predicted molar refractivity (Wildman–Crippen MR) is 58.2 cm³/mol. The second kappa shape index (κ2) is 4.20. The molecule has 0 aromatic heterocycles. The van der Waals surface area contributed by atoms with Crippen LogP contribution in [0.25, 0.3) is 0 Å². The van der Waals surface area contributed by atoms with Crippen LogP contribution in [0.3, 0.4) is 0 Å². The lowest BCUT2D eigenvalue weighted by Crippen LogP contribution is -2.65. The summed E-state index contributed by atoms with van der Waals surface area (Å²) in [6, 6.07) is -0.551. The van der Waals surface area contributed by atoms with Crippen LogP contribution in [0.15, 0.2) is 0 Å². The normalized spacial score (nSPS) is 44.8. The van der Waals surface area contributed by atoms with Gasteiger partial charge in [0.05, 0.1) is 18.8 Å². The first-order valence-corrected chi connectivity index (χ1v) is 5.81. The minimum Gasteiger partial charge on any atom is -0.393 e. The number of hydrogen-bond donors (Lipinski definition) is 3. The highest BCUT2D eigenvalue weighted by molar-refractivity contribution is 5.73. The summed E-state index contributed by atoms with van der Waals surface area (Å²) in [7, 11) is 1.58.